The van der Waals surface area contributed by atoms with Crippen LogP contribution in [0.3, 0.4) is 0 Å². The molecule has 1 aromatic heterocycles. The lowest BCUT2D eigenvalue weighted by Crippen LogP contribution is -2.23. The fraction of sp³-hybridized carbons (Fsp3) is 0.200. The Labute approximate surface area is 116 Å². The van der Waals surface area contributed by atoms with Gasteiger partial charge in [-0.2, -0.15) is 5.10 Å². The van der Waals surface area contributed by atoms with Crippen LogP contribution in [0.4, 0.5) is 4.39 Å². The van der Waals surface area contributed by atoms with E-state index in [0.29, 0.717) is 5.56 Å². The molecule has 0 aliphatic rings. The van der Waals surface area contributed by atoms with Crippen molar-refractivity contribution in [3.8, 4) is 11.8 Å². The molecule has 1 heterocycles. The fourth-order valence-corrected chi connectivity index (χ4v) is 1.77. The molecule has 0 fully saturated rings. The van der Waals surface area contributed by atoms with E-state index in [4.69, 9.17) is 5.73 Å². The lowest BCUT2D eigenvalue weighted by Gasteiger charge is -2.07. The van der Waals surface area contributed by atoms with Crippen LogP contribution in [0, 0.1) is 24.6 Å². The Morgan fingerprint density at radius 3 is 2.90 bits per heavy atom. The third-order valence-electron chi connectivity index (χ3n) is 2.72. The van der Waals surface area contributed by atoms with E-state index in [1.807, 2.05) is 0 Å². The Morgan fingerprint density at radius 1 is 1.35 bits per heavy atom. The molecule has 2 N–H and O–H groups in total. The van der Waals surface area contributed by atoms with E-state index in [0.717, 1.165) is 11.3 Å². The Balaban J connectivity index is 2.43. The summed E-state index contributed by atoms with van der Waals surface area (Å²) in [7, 11) is 0. The largest absolute Gasteiger partial charge is 0.320 e. The van der Waals surface area contributed by atoms with Gasteiger partial charge in [0.25, 0.3) is 5.56 Å². The van der Waals surface area contributed by atoms with Crippen LogP contribution in [0.15, 0.2) is 35.1 Å². The Hall–Kier alpha value is -2.45. The van der Waals surface area contributed by atoms with Gasteiger partial charge in [-0.1, -0.05) is 17.9 Å². The van der Waals surface area contributed by atoms with Crippen molar-refractivity contribution in [2.75, 3.05) is 6.54 Å². The van der Waals surface area contributed by atoms with E-state index >= 15 is 0 Å². The zero-order valence-electron chi connectivity index (χ0n) is 11.1. The highest BCUT2D eigenvalue weighted by Gasteiger charge is 2.05. The molecule has 20 heavy (non-hydrogen) atoms. The first-order chi connectivity index (χ1) is 9.60. The maximum Gasteiger partial charge on any atom is 0.267 e. The quantitative estimate of drug-likeness (QED) is 0.830. The normalized spacial score (nSPS) is 9.95. The Morgan fingerprint density at radius 2 is 2.15 bits per heavy atom. The van der Waals surface area contributed by atoms with Gasteiger partial charge in [0, 0.05) is 11.6 Å². The summed E-state index contributed by atoms with van der Waals surface area (Å²) in [5.74, 6) is 5.12. The van der Waals surface area contributed by atoms with E-state index in [1.54, 1.807) is 19.1 Å². The maximum atomic E-state index is 13.3. The van der Waals surface area contributed by atoms with Crippen molar-refractivity contribution in [1.29, 1.82) is 0 Å². The van der Waals surface area contributed by atoms with Gasteiger partial charge in [0.05, 0.1) is 18.8 Å². The van der Waals surface area contributed by atoms with Gasteiger partial charge in [-0.3, -0.25) is 4.79 Å². The summed E-state index contributed by atoms with van der Waals surface area (Å²) in [4.78, 5) is 11.7. The molecule has 0 saturated carbocycles. The summed E-state index contributed by atoms with van der Waals surface area (Å²) in [5.41, 5.74) is 7.10. The molecule has 0 unspecified atom stereocenters. The minimum absolute atomic E-state index is 0.193. The molecule has 0 spiro atoms. The number of nitrogens with two attached hydrogens (primary N) is 1. The van der Waals surface area contributed by atoms with E-state index < -0.39 is 0 Å². The van der Waals surface area contributed by atoms with Gasteiger partial charge in [-0.15, -0.1) is 0 Å². The fourth-order valence-electron chi connectivity index (χ4n) is 1.77. The second-order valence-corrected chi connectivity index (χ2v) is 4.28. The zero-order valence-corrected chi connectivity index (χ0v) is 11.1. The third kappa shape index (κ3) is 3.31. The molecule has 4 nitrogen and oxygen atoms in total. The average molecular weight is 271 g/mol. The zero-order chi connectivity index (χ0) is 14.5. The van der Waals surface area contributed by atoms with Crippen LogP contribution in [0.25, 0.3) is 0 Å². The molecule has 0 aliphatic heterocycles. The van der Waals surface area contributed by atoms with Crippen molar-refractivity contribution in [2.24, 2.45) is 5.73 Å². The maximum absolute atomic E-state index is 13.3. The van der Waals surface area contributed by atoms with Gasteiger partial charge in [-0.25, -0.2) is 9.07 Å². The molecule has 2 rings (SSSR count). The van der Waals surface area contributed by atoms with Crippen LogP contribution in [0.5, 0.6) is 0 Å². The Bertz CT molecular complexity index is 741. The average Bonchev–Trinajstić information content (AvgIpc) is 2.43. The number of aryl methyl sites for hydroxylation is 1. The number of halogens is 1. The van der Waals surface area contributed by atoms with Crippen molar-refractivity contribution in [3.63, 3.8) is 0 Å². The number of hydrogen-bond donors (Lipinski definition) is 1. The minimum Gasteiger partial charge on any atom is -0.320 e. The van der Waals surface area contributed by atoms with E-state index in [-0.39, 0.29) is 24.5 Å². The number of hydrogen-bond acceptors (Lipinski definition) is 3. The molecular weight excluding hydrogens is 257 g/mol. The number of benzene rings is 1. The molecule has 1 aromatic carbocycles. The highest BCUT2D eigenvalue weighted by molar-refractivity contribution is 5.42. The molecular formula is C15H14FN3O. The molecule has 5 heteroatoms. The van der Waals surface area contributed by atoms with Crippen molar-refractivity contribution >= 4 is 0 Å². The predicted octanol–water partition coefficient (Wildman–Crippen LogP) is 1.05. The summed E-state index contributed by atoms with van der Waals surface area (Å²) < 4.78 is 14.6. The first-order valence-corrected chi connectivity index (χ1v) is 6.12. The second-order valence-electron chi connectivity index (χ2n) is 4.28. The van der Waals surface area contributed by atoms with Gasteiger partial charge in [-0.05, 0) is 30.7 Å². The van der Waals surface area contributed by atoms with Gasteiger partial charge < -0.3 is 5.73 Å². The van der Waals surface area contributed by atoms with Crippen LogP contribution >= 0.6 is 0 Å². The van der Waals surface area contributed by atoms with Crippen LogP contribution in [-0.2, 0) is 6.54 Å². The van der Waals surface area contributed by atoms with Gasteiger partial charge in [0.15, 0.2) is 0 Å². The minimum atomic E-state index is -0.375. The van der Waals surface area contributed by atoms with Gasteiger partial charge >= 0.3 is 0 Å². The van der Waals surface area contributed by atoms with Crippen LogP contribution < -0.4 is 11.3 Å². The predicted molar refractivity (Wildman–Crippen MR) is 74.7 cm³/mol. The third-order valence-corrected chi connectivity index (χ3v) is 2.72. The molecule has 0 radical (unpaired) electrons. The van der Waals surface area contributed by atoms with Crippen molar-refractivity contribution in [3.05, 3.63) is 63.3 Å². The molecule has 0 atom stereocenters. The summed E-state index contributed by atoms with van der Waals surface area (Å²) in [6, 6.07) is 7.38. The SMILES string of the molecule is Cc1ccc(=O)n(Cc2ccc(F)cc2C#CCN)n1. The van der Waals surface area contributed by atoms with Crippen molar-refractivity contribution < 1.29 is 4.39 Å². The highest BCUT2D eigenvalue weighted by atomic mass is 19.1. The molecule has 2 aromatic rings. The lowest BCUT2D eigenvalue weighted by molar-refractivity contribution is 0.614. The number of aromatic nitrogens is 2. The molecule has 0 bridgehead atoms. The van der Waals surface area contributed by atoms with Crippen LogP contribution in [0.1, 0.15) is 16.8 Å². The number of rotatable bonds is 2. The van der Waals surface area contributed by atoms with Crippen LogP contribution in [0.2, 0.25) is 0 Å². The molecule has 0 saturated heterocycles. The topological polar surface area (TPSA) is 60.9 Å². The summed E-state index contributed by atoms with van der Waals surface area (Å²) >= 11 is 0. The molecule has 0 amide bonds. The first-order valence-electron chi connectivity index (χ1n) is 6.12. The lowest BCUT2D eigenvalue weighted by atomic mass is 10.1. The standard InChI is InChI=1S/C15H14FN3O/c1-11-4-7-15(20)19(18-11)10-13-5-6-14(16)9-12(13)3-2-8-17/h4-7,9H,8,10,17H2,1H3. The Kier molecular flexibility index (Phi) is 4.28. The first kappa shape index (κ1) is 14.0. The summed E-state index contributed by atoms with van der Waals surface area (Å²) in [6.45, 7) is 2.24. The van der Waals surface area contributed by atoms with Gasteiger partial charge in [0.2, 0.25) is 0 Å². The van der Waals surface area contributed by atoms with Crippen molar-refractivity contribution in [2.45, 2.75) is 13.5 Å². The summed E-state index contributed by atoms with van der Waals surface area (Å²) in [5, 5.41) is 4.15. The van der Waals surface area contributed by atoms with Crippen molar-refractivity contribution in [1.82, 2.24) is 9.78 Å². The smallest absolute Gasteiger partial charge is 0.267 e. The van der Waals surface area contributed by atoms with Crippen LogP contribution in [-0.4, -0.2) is 16.3 Å². The second kappa shape index (κ2) is 6.13. The molecule has 0 aliphatic carbocycles. The van der Waals surface area contributed by atoms with E-state index in [2.05, 4.69) is 16.9 Å². The summed E-state index contributed by atoms with van der Waals surface area (Å²) in [6.07, 6.45) is 0. The molecule has 102 valence electrons. The highest BCUT2D eigenvalue weighted by Crippen LogP contribution is 2.11. The van der Waals surface area contributed by atoms with E-state index in [9.17, 15) is 9.18 Å². The monoisotopic (exact) mass is 271 g/mol. The van der Waals surface area contributed by atoms with E-state index in [1.165, 1.54) is 22.9 Å². The van der Waals surface area contributed by atoms with Gasteiger partial charge in [0.1, 0.15) is 5.82 Å². The number of nitrogens with zero attached hydrogens (tertiary/aromatic N) is 2.